The van der Waals surface area contributed by atoms with Gasteiger partial charge in [0.15, 0.2) is 0 Å². The molecule has 1 heterocycles. The summed E-state index contributed by atoms with van der Waals surface area (Å²) in [5.41, 5.74) is 3.28. The molecule has 146 valence electrons. The number of hydrogen-bond acceptors (Lipinski definition) is 4. The topological polar surface area (TPSA) is 59.1 Å². The molecule has 0 radical (unpaired) electrons. The van der Waals surface area contributed by atoms with Crippen molar-refractivity contribution >= 4 is 27.0 Å². The van der Waals surface area contributed by atoms with Crippen molar-refractivity contribution in [2.24, 2.45) is 0 Å². The molecule has 0 aliphatic rings. The summed E-state index contributed by atoms with van der Waals surface area (Å²) in [5, 5.41) is 0.944. The van der Waals surface area contributed by atoms with E-state index in [9.17, 15) is 12.8 Å². The third-order valence-electron chi connectivity index (χ3n) is 4.35. The Labute approximate surface area is 172 Å². The van der Waals surface area contributed by atoms with Gasteiger partial charge in [-0.3, -0.25) is 4.72 Å². The zero-order valence-electron chi connectivity index (χ0n) is 15.5. The van der Waals surface area contributed by atoms with E-state index in [1.165, 1.54) is 12.1 Å². The molecule has 29 heavy (non-hydrogen) atoms. The minimum Gasteiger partial charge on any atom is -0.280 e. The summed E-state index contributed by atoms with van der Waals surface area (Å²) in [6.07, 6.45) is 0. The monoisotopic (exact) mass is 424 g/mol. The molecule has 1 aromatic heterocycles. The van der Waals surface area contributed by atoms with Gasteiger partial charge in [-0.15, -0.1) is 11.3 Å². The van der Waals surface area contributed by atoms with Crippen molar-refractivity contribution in [2.45, 2.75) is 11.8 Å². The molecule has 3 aromatic carbocycles. The number of aryl methyl sites for hydroxylation is 1. The van der Waals surface area contributed by atoms with Gasteiger partial charge in [-0.2, -0.15) is 0 Å². The van der Waals surface area contributed by atoms with Gasteiger partial charge in [-0.25, -0.2) is 17.8 Å². The number of hydrogen-bond donors (Lipinski definition) is 1. The highest BCUT2D eigenvalue weighted by Crippen LogP contribution is 2.33. The van der Waals surface area contributed by atoms with Gasteiger partial charge in [0.25, 0.3) is 10.0 Å². The van der Waals surface area contributed by atoms with E-state index in [1.54, 1.807) is 23.5 Å². The third-order valence-corrected chi connectivity index (χ3v) is 6.77. The molecule has 4 rings (SSSR count). The fraction of sp³-hybridized carbons (Fsp3) is 0.0455. The highest BCUT2D eigenvalue weighted by molar-refractivity contribution is 7.92. The summed E-state index contributed by atoms with van der Waals surface area (Å²) in [6.45, 7) is 2.02. The Morgan fingerprint density at radius 1 is 0.862 bits per heavy atom. The molecule has 7 heteroatoms. The number of anilines is 1. The van der Waals surface area contributed by atoms with E-state index >= 15 is 0 Å². The largest absolute Gasteiger partial charge is 0.280 e. The number of sulfonamides is 1. The van der Waals surface area contributed by atoms with E-state index in [1.807, 2.05) is 49.4 Å². The van der Waals surface area contributed by atoms with Gasteiger partial charge in [0.2, 0.25) is 0 Å². The molecular weight excluding hydrogens is 407 g/mol. The number of halogens is 1. The Morgan fingerprint density at radius 2 is 1.52 bits per heavy atom. The lowest BCUT2D eigenvalue weighted by Crippen LogP contribution is -2.12. The third kappa shape index (κ3) is 4.21. The summed E-state index contributed by atoms with van der Waals surface area (Å²) < 4.78 is 40.4. The van der Waals surface area contributed by atoms with Crippen molar-refractivity contribution in [2.75, 3.05) is 4.72 Å². The number of benzene rings is 3. The molecule has 4 nitrogen and oxygen atoms in total. The Kier molecular flexibility index (Phi) is 5.17. The minimum absolute atomic E-state index is 0.00539. The molecule has 0 amide bonds. The summed E-state index contributed by atoms with van der Waals surface area (Å²) in [7, 11) is -3.78. The maximum absolute atomic E-state index is 13.0. The first-order valence-corrected chi connectivity index (χ1v) is 11.1. The average Bonchev–Trinajstić information content (AvgIpc) is 3.11. The van der Waals surface area contributed by atoms with Crippen molar-refractivity contribution in [1.29, 1.82) is 0 Å². The quantitative estimate of drug-likeness (QED) is 0.445. The van der Waals surface area contributed by atoms with Crippen LogP contribution >= 0.6 is 11.3 Å². The van der Waals surface area contributed by atoms with Crippen LogP contribution < -0.4 is 4.72 Å². The first kappa shape index (κ1) is 19.3. The van der Waals surface area contributed by atoms with Crippen LogP contribution in [0.5, 0.6) is 0 Å². The Morgan fingerprint density at radius 3 is 2.17 bits per heavy atom. The minimum atomic E-state index is -3.78. The van der Waals surface area contributed by atoms with Crippen molar-refractivity contribution in [3.63, 3.8) is 0 Å². The van der Waals surface area contributed by atoms with Crippen LogP contribution in [0.2, 0.25) is 0 Å². The predicted molar refractivity (Wildman–Crippen MR) is 115 cm³/mol. The lowest BCUT2D eigenvalue weighted by atomic mass is 10.1. The van der Waals surface area contributed by atoms with Crippen LogP contribution in [0.1, 0.15) is 4.88 Å². The summed E-state index contributed by atoms with van der Waals surface area (Å²) in [4.78, 5) is 5.85. The van der Waals surface area contributed by atoms with Crippen LogP contribution in [0, 0.1) is 12.7 Å². The van der Waals surface area contributed by atoms with Crippen molar-refractivity contribution < 1.29 is 12.8 Å². The number of nitrogens with zero attached hydrogens (tertiary/aromatic N) is 1. The van der Waals surface area contributed by atoms with Crippen LogP contribution in [0.15, 0.2) is 83.8 Å². The van der Waals surface area contributed by atoms with Crippen LogP contribution in [0.4, 0.5) is 10.1 Å². The van der Waals surface area contributed by atoms with E-state index < -0.39 is 15.8 Å². The van der Waals surface area contributed by atoms with E-state index in [0.717, 1.165) is 38.8 Å². The van der Waals surface area contributed by atoms with E-state index in [-0.39, 0.29) is 4.90 Å². The predicted octanol–water partition coefficient (Wildman–Crippen LogP) is 5.73. The maximum Gasteiger partial charge on any atom is 0.261 e. The van der Waals surface area contributed by atoms with Gasteiger partial charge in [0.1, 0.15) is 10.8 Å². The second-order valence-electron chi connectivity index (χ2n) is 6.43. The van der Waals surface area contributed by atoms with Crippen molar-refractivity contribution in [3.8, 4) is 21.8 Å². The highest BCUT2D eigenvalue weighted by atomic mass is 32.2. The van der Waals surface area contributed by atoms with Gasteiger partial charge in [-0.1, -0.05) is 42.5 Å². The number of thiazole rings is 1. The van der Waals surface area contributed by atoms with Crippen molar-refractivity contribution in [1.82, 2.24) is 4.98 Å². The van der Waals surface area contributed by atoms with Gasteiger partial charge < -0.3 is 0 Å². The normalized spacial score (nSPS) is 11.4. The standard InChI is InChI=1S/C22H17FN2O2S2/c1-15-21(24-22(28-15)17-5-3-2-4-6-17)16-7-11-19(12-8-16)25-29(26,27)20-13-9-18(23)10-14-20/h2-14,25H,1H3. The second kappa shape index (κ2) is 7.77. The molecule has 1 N–H and O–H groups in total. The summed E-state index contributed by atoms with van der Waals surface area (Å²) in [6, 6.07) is 21.7. The number of nitrogens with one attached hydrogen (secondary N) is 1. The first-order valence-electron chi connectivity index (χ1n) is 8.84. The van der Waals surface area contributed by atoms with Crippen LogP contribution in [-0.2, 0) is 10.0 Å². The van der Waals surface area contributed by atoms with Gasteiger partial charge in [0, 0.05) is 21.7 Å². The van der Waals surface area contributed by atoms with E-state index in [4.69, 9.17) is 4.98 Å². The molecule has 0 unspecified atom stereocenters. The fourth-order valence-corrected chi connectivity index (χ4v) is 4.89. The summed E-state index contributed by atoms with van der Waals surface area (Å²) in [5.74, 6) is -0.484. The zero-order valence-corrected chi connectivity index (χ0v) is 17.1. The zero-order chi connectivity index (χ0) is 20.4. The Hall–Kier alpha value is -3.03. The second-order valence-corrected chi connectivity index (χ2v) is 9.31. The van der Waals surface area contributed by atoms with Gasteiger partial charge in [-0.05, 0) is 43.3 Å². The highest BCUT2D eigenvalue weighted by Gasteiger charge is 2.15. The number of aromatic nitrogens is 1. The molecule has 4 aromatic rings. The first-order chi connectivity index (χ1) is 13.9. The smallest absolute Gasteiger partial charge is 0.261 e. The van der Waals surface area contributed by atoms with Crippen LogP contribution in [-0.4, -0.2) is 13.4 Å². The molecule has 0 bridgehead atoms. The fourth-order valence-electron chi connectivity index (χ4n) is 2.89. The van der Waals surface area contributed by atoms with Crippen LogP contribution in [0.25, 0.3) is 21.8 Å². The molecule has 0 aliphatic carbocycles. The van der Waals surface area contributed by atoms with Gasteiger partial charge in [0.05, 0.1) is 10.6 Å². The Bertz CT molecular complexity index is 1230. The molecule has 0 saturated carbocycles. The maximum atomic E-state index is 13.0. The number of rotatable bonds is 5. The molecule has 0 aliphatic heterocycles. The van der Waals surface area contributed by atoms with E-state index in [0.29, 0.717) is 5.69 Å². The lowest BCUT2D eigenvalue weighted by Gasteiger charge is -2.09. The van der Waals surface area contributed by atoms with Crippen LogP contribution in [0.3, 0.4) is 0 Å². The molecule has 0 atom stereocenters. The van der Waals surface area contributed by atoms with E-state index in [2.05, 4.69) is 4.72 Å². The molecular formula is C22H17FN2O2S2. The molecule has 0 fully saturated rings. The SMILES string of the molecule is Cc1sc(-c2ccccc2)nc1-c1ccc(NS(=O)(=O)c2ccc(F)cc2)cc1. The lowest BCUT2D eigenvalue weighted by molar-refractivity contribution is 0.599. The summed E-state index contributed by atoms with van der Waals surface area (Å²) >= 11 is 1.62. The van der Waals surface area contributed by atoms with Gasteiger partial charge >= 0.3 is 0 Å². The Balaban J connectivity index is 1.57. The average molecular weight is 425 g/mol. The molecule has 0 saturated heterocycles. The molecule has 0 spiro atoms. The van der Waals surface area contributed by atoms with Crippen molar-refractivity contribution in [3.05, 3.63) is 89.6 Å².